The molecule has 0 fully saturated rings. The average molecular weight is 350 g/mol. The third-order valence-corrected chi connectivity index (χ3v) is 4.47. The first-order chi connectivity index (χ1) is 12.5. The summed E-state index contributed by atoms with van der Waals surface area (Å²) in [6.45, 7) is 0.384. The predicted molar refractivity (Wildman–Crippen MR) is 102 cm³/mol. The van der Waals surface area contributed by atoms with E-state index in [1.165, 1.54) is 5.01 Å². The van der Waals surface area contributed by atoms with Crippen molar-refractivity contribution >= 4 is 29.3 Å². The SMILES string of the molecule is CN(N)/C1=C(\N)c2ccccc2N(C(=O)CCC=O)Cc2ccccc21. The van der Waals surface area contributed by atoms with Gasteiger partial charge in [-0.1, -0.05) is 42.5 Å². The van der Waals surface area contributed by atoms with Gasteiger partial charge in [-0.05, 0) is 11.6 Å². The van der Waals surface area contributed by atoms with Crippen molar-refractivity contribution in [3.8, 4) is 0 Å². The van der Waals surface area contributed by atoms with Gasteiger partial charge in [0.2, 0.25) is 5.91 Å². The van der Waals surface area contributed by atoms with Crippen molar-refractivity contribution in [2.45, 2.75) is 19.4 Å². The molecule has 0 unspecified atom stereocenters. The highest BCUT2D eigenvalue weighted by Gasteiger charge is 2.26. The number of para-hydroxylation sites is 1. The maximum atomic E-state index is 12.8. The molecule has 6 nitrogen and oxygen atoms in total. The molecule has 2 aromatic rings. The lowest BCUT2D eigenvalue weighted by Gasteiger charge is -2.31. The number of anilines is 1. The third kappa shape index (κ3) is 3.19. The molecule has 1 heterocycles. The van der Waals surface area contributed by atoms with E-state index in [9.17, 15) is 9.59 Å². The van der Waals surface area contributed by atoms with Crippen LogP contribution in [-0.4, -0.2) is 24.2 Å². The molecular weight excluding hydrogens is 328 g/mol. The lowest BCUT2D eigenvalue weighted by molar-refractivity contribution is -0.120. The van der Waals surface area contributed by atoms with E-state index in [1.807, 2.05) is 48.5 Å². The Balaban J connectivity index is 2.25. The van der Waals surface area contributed by atoms with Crippen molar-refractivity contribution in [1.29, 1.82) is 0 Å². The number of rotatable bonds is 4. The van der Waals surface area contributed by atoms with Crippen LogP contribution in [0.25, 0.3) is 11.4 Å². The molecule has 1 aliphatic heterocycles. The monoisotopic (exact) mass is 350 g/mol. The quantitative estimate of drug-likeness (QED) is 0.500. The summed E-state index contributed by atoms with van der Waals surface area (Å²) in [5, 5.41) is 1.51. The molecule has 0 spiro atoms. The van der Waals surface area contributed by atoms with E-state index in [1.54, 1.807) is 11.9 Å². The molecule has 3 rings (SSSR count). The molecule has 1 aliphatic rings. The van der Waals surface area contributed by atoms with Gasteiger partial charge >= 0.3 is 0 Å². The Labute approximate surface area is 152 Å². The number of fused-ring (bicyclic) bond motifs is 2. The number of aldehydes is 1. The summed E-state index contributed by atoms with van der Waals surface area (Å²) in [7, 11) is 1.75. The van der Waals surface area contributed by atoms with Crippen molar-refractivity contribution < 1.29 is 9.59 Å². The normalized spacial score (nSPS) is 16.2. The number of nitrogens with zero attached hydrogens (tertiary/aromatic N) is 2. The van der Waals surface area contributed by atoms with E-state index in [0.717, 1.165) is 28.7 Å². The molecule has 134 valence electrons. The molecular formula is C20H22N4O2. The molecule has 1 amide bonds. The molecule has 0 saturated heterocycles. The zero-order valence-corrected chi connectivity index (χ0v) is 14.7. The number of carbonyl (C=O) groups excluding carboxylic acids is 2. The van der Waals surface area contributed by atoms with Crippen LogP contribution < -0.4 is 16.5 Å². The van der Waals surface area contributed by atoms with Gasteiger partial charge in [-0.25, -0.2) is 5.84 Å². The maximum Gasteiger partial charge on any atom is 0.227 e. The number of carbonyl (C=O) groups is 2. The van der Waals surface area contributed by atoms with Crippen LogP contribution in [0, 0.1) is 0 Å². The minimum atomic E-state index is -0.114. The number of hydrogen-bond acceptors (Lipinski definition) is 5. The Kier molecular flexibility index (Phi) is 5.04. The van der Waals surface area contributed by atoms with Crippen LogP contribution in [0.4, 0.5) is 5.69 Å². The summed E-state index contributed by atoms with van der Waals surface area (Å²) in [5.74, 6) is 5.97. The molecule has 0 atom stereocenters. The highest BCUT2D eigenvalue weighted by atomic mass is 16.2. The van der Waals surface area contributed by atoms with Crippen LogP contribution in [-0.2, 0) is 16.1 Å². The molecule has 0 saturated carbocycles. The topological polar surface area (TPSA) is 92.7 Å². The number of benzene rings is 2. The van der Waals surface area contributed by atoms with Crippen molar-refractivity contribution in [2.24, 2.45) is 11.6 Å². The molecule has 0 radical (unpaired) electrons. The minimum absolute atomic E-state index is 0.114. The highest BCUT2D eigenvalue weighted by Crippen LogP contribution is 2.36. The van der Waals surface area contributed by atoms with E-state index in [2.05, 4.69) is 0 Å². The highest BCUT2D eigenvalue weighted by molar-refractivity contribution is 6.01. The summed E-state index contributed by atoms with van der Waals surface area (Å²) < 4.78 is 0. The van der Waals surface area contributed by atoms with Crippen molar-refractivity contribution in [1.82, 2.24) is 5.01 Å². The van der Waals surface area contributed by atoms with Crippen LogP contribution in [0.3, 0.4) is 0 Å². The molecule has 26 heavy (non-hydrogen) atoms. The Morgan fingerprint density at radius 2 is 1.81 bits per heavy atom. The van der Waals surface area contributed by atoms with Crippen molar-refractivity contribution in [2.75, 3.05) is 11.9 Å². The van der Waals surface area contributed by atoms with Gasteiger partial charge in [0.15, 0.2) is 0 Å². The Bertz CT molecular complexity index is 874. The Hall–Kier alpha value is -3.12. The zero-order chi connectivity index (χ0) is 18.7. The third-order valence-electron chi connectivity index (χ3n) is 4.47. The van der Waals surface area contributed by atoms with Crippen molar-refractivity contribution in [3.63, 3.8) is 0 Å². The maximum absolute atomic E-state index is 12.8. The van der Waals surface area contributed by atoms with Crippen LogP contribution >= 0.6 is 0 Å². The van der Waals surface area contributed by atoms with Crippen LogP contribution in [0.1, 0.15) is 29.5 Å². The summed E-state index contributed by atoms with van der Waals surface area (Å²) in [5.41, 5.74) is 11.0. The van der Waals surface area contributed by atoms with Gasteiger partial charge in [-0.2, -0.15) is 0 Å². The van der Waals surface area contributed by atoms with E-state index >= 15 is 0 Å². The van der Waals surface area contributed by atoms with E-state index in [4.69, 9.17) is 11.6 Å². The summed E-state index contributed by atoms with van der Waals surface area (Å²) in [6, 6.07) is 15.2. The standard InChI is InChI=1S/C20H22N4O2/c1-23(22)20-15-8-3-2-7-14(15)13-24(18(26)11-6-12-25)17-10-5-4-9-16(17)19(20)21/h2-5,7-10,12H,6,11,13,21-22H2,1H3/b20-19-. The average Bonchev–Trinajstić information content (AvgIpc) is 2.64. The van der Waals surface area contributed by atoms with Crippen LogP contribution in [0.2, 0.25) is 0 Å². The fraction of sp³-hybridized carbons (Fsp3) is 0.200. The number of hydrazine groups is 1. The summed E-state index contributed by atoms with van der Waals surface area (Å²) in [4.78, 5) is 25.2. The lowest BCUT2D eigenvalue weighted by atomic mass is 9.95. The lowest BCUT2D eigenvalue weighted by Crippen LogP contribution is -2.34. The van der Waals surface area contributed by atoms with Gasteiger partial charge in [0.05, 0.1) is 23.6 Å². The summed E-state index contributed by atoms with van der Waals surface area (Å²) in [6.07, 6.45) is 1.12. The molecule has 0 bridgehead atoms. The van der Waals surface area contributed by atoms with Crippen LogP contribution in [0.5, 0.6) is 0 Å². The molecule has 4 N–H and O–H groups in total. The molecule has 2 aromatic carbocycles. The first kappa shape index (κ1) is 17.7. The minimum Gasteiger partial charge on any atom is -0.396 e. The van der Waals surface area contributed by atoms with Gasteiger partial charge in [0, 0.05) is 31.0 Å². The molecule has 0 aromatic heterocycles. The van der Waals surface area contributed by atoms with Crippen LogP contribution in [0.15, 0.2) is 48.5 Å². The van der Waals surface area contributed by atoms with Gasteiger partial charge in [-0.3, -0.25) is 4.79 Å². The molecule has 0 aliphatic carbocycles. The second-order valence-electron chi connectivity index (χ2n) is 6.23. The van der Waals surface area contributed by atoms with E-state index < -0.39 is 0 Å². The number of nitrogens with two attached hydrogens (primary N) is 2. The fourth-order valence-corrected chi connectivity index (χ4v) is 3.27. The smallest absolute Gasteiger partial charge is 0.227 e. The second-order valence-corrected chi connectivity index (χ2v) is 6.23. The largest absolute Gasteiger partial charge is 0.396 e. The Morgan fingerprint density at radius 3 is 2.50 bits per heavy atom. The Morgan fingerprint density at radius 1 is 1.15 bits per heavy atom. The van der Waals surface area contributed by atoms with E-state index in [0.29, 0.717) is 17.9 Å². The van der Waals surface area contributed by atoms with Gasteiger partial charge < -0.3 is 20.4 Å². The predicted octanol–water partition coefficient (Wildman–Crippen LogP) is 2.10. The van der Waals surface area contributed by atoms with Gasteiger partial charge in [0.25, 0.3) is 0 Å². The zero-order valence-electron chi connectivity index (χ0n) is 14.7. The number of hydrogen-bond donors (Lipinski definition) is 2. The van der Waals surface area contributed by atoms with Gasteiger partial charge in [-0.15, -0.1) is 0 Å². The van der Waals surface area contributed by atoms with Crippen molar-refractivity contribution in [3.05, 3.63) is 65.2 Å². The summed E-state index contributed by atoms with van der Waals surface area (Å²) >= 11 is 0. The molecule has 6 heteroatoms. The van der Waals surface area contributed by atoms with Gasteiger partial charge in [0.1, 0.15) is 6.29 Å². The first-order valence-corrected chi connectivity index (χ1v) is 8.44. The fourth-order valence-electron chi connectivity index (χ4n) is 3.27. The number of amides is 1. The second kappa shape index (κ2) is 7.41. The first-order valence-electron chi connectivity index (χ1n) is 8.44. The van der Waals surface area contributed by atoms with E-state index in [-0.39, 0.29) is 18.7 Å².